The second-order valence-electron chi connectivity index (χ2n) is 26.8. The van der Waals surface area contributed by atoms with E-state index in [4.69, 9.17) is 43.1 Å². The highest BCUT2D eigenvalue weighted by Crippen LogP contribution is 2.37. The van der Waals surface area contributed by atoms with Crippen LogP contribution in [0.25, 0.3) is 44.3 Å². The Morgan fingerprint density at radius 1 is 0.558 bits per heavy atom. The summed E-state index contributed by atoms with van der Waals surface area (Å²) in [5.74, 6) is 0.350. The fourth-order valence-electron chi connectivity index (χ4n) is 11.7. The smallest absolute Gasteiger partial charge is 0.408 e. The summed E-state index contributed by atoms with van der Waals surface area (Å²) in [4.78, 5) is 91.6. The fraction of sp³-hybridized carbons (Fsp3) is 0.507. The minimum Gasteiger partial charge on any atom is -0.497 e. The van der Waals surface area contributed by atoms with E-state index in [-0.39, 0.29) is 67.4 Å². The van der Waals surface area contributed by atoms with Gasteiger partial charge in [-0.1, -0.05) is 115 Å². The molecule has 0 spiro atoms. The van der Waals surface area contributed by atoms with Gasteiger partial charge in [-0.2, -0.15) is 0 Å². The maximum atomic E-state index is 14.2. The molecule has 514 valence electrons. The van der Waals surface area contributed by atoms with E-state index < -0.39 is 59.6 Å². The van der Waals surface area contributed by atoms with Gasteiger partial charge in [0, 0.05) is 84.2 Å². The number of aliphatic carboxylic acids is 1. The van der Waals surface area contributed by atoms with Crippen molar-refractivity contribution in [3.8, 4) is 45.5 Å². The van der Waals surface area contributed by atoms with Crippen LogP contribution in [0.15, 0.2) is 109 Å². The molecule has 6 aromatic rings. The molecule has 22 nitrogen and oxygen atoms in total. The number of carbonyl (C=O) groups is 6. The number of rotatable bonds is 26. The highest BCUT2D eigenvalue weighted by molar-refractivity contribution is 5.91. The van der Waals surface area contributed by atoms with Gasteiger partial charge in [-0.25, -0.2) is 19.6 Å². The van der Waals surface area contributed by atoms with Crippen molar-refractivity contribution < 1.29 is 67.0 Å². The van der Waals surface area contributed by atoms with Gasteiger partial charge in [-0.05, 0) is 90.5 Å². The number of methoxy groups -OCH3 is 3. The van der Waals surface area contributed by atoms with Crippen molar-refractivity contribution in [1.29, 1.82) is 0 Å². The van der Waals surface area contributed by atoms with Crippen molar-refractivity contribution in [2.45, 2.75) is 181 Å². The molecule has 8 rings (SSSR count). The summed E-state index contributed by atoms with van der Waals surface area (Å²) in [6, 6.07) is 31.2. The van der Waals surface area contributed by atoms with E-state index in [1.54, 1.807) is 65.6 Å². The first-order chi connectivity index (χ1) is 45.1. The van der Waals surface area contributed by atoms with Crippen molar-refractivity contribution >= 4 is 57.7 Å². The average molecular weight is 1310 g/mol. The molecule has 4 aromatic carbocycles. The lowest BCUT2D eigenvalue weighted by atomic mass is 10.0. The summed E-state index contributed by atoms with van der Waals surface area (Å²) in [6.07, 6.45) is 1.36. The minimum absolute atomic E-state index is 0.214. The van der Waals surface area contributed by atoms with Crippen LogP contribution in [0.4, 0.5) is 9.59 Å². The zero-order valence-electron chi connectivity index (χ0n) is 57.8. The number of ether oxygens (including phenoxy) is 7. The molecule has 22 heteroatoms. The molecule has 0 saturated carbocycles. The number of aromatic nitrogens is 2. The molecule has 2 aliphatic heterocycles. The van der Waals surface area contributed by atoms with E-state index in [2.05, 4.69) is 21.3 Å². The number of amides is 4. The molecule has 95 heavy (non-hydrogen) atoms. The summed E-state index contributed by atoms with van der Waals surface area (Å²) >= 11 is 0. The number of carbonyl (C=O) groups excluding carboxylic acids is 5. The van der Waals surface area contributed by atoms with Gasteiger partial charge >= 0.3 is 24.1 Å². The highest BCUT2D eigenvalue weighted by atomic mass is 16.6. The Labute approximate surface area is 558 Å². The zero-order chi connectivity index (χ0) is 69.3. The molecule has 0 aliphatic carbocycles. The SMILES string of the molecule is CCC[C@H](NC[C@@H]1C[C@@H](Oc2cc(-c3ccccc3)nc3cc(OC)ccc23)CN1C(=O)[C@@H](NC(=O)OC(C)(C)C)C(C)C)C(=O)O.CCC[C@H](NC[C@@H]1C[C@@H](Oc2cc(-c3ccccc3)nc3cc(OC)ccc23)CN1C(=O)[C@@H](NC(=O)OC(C)(C)C)C(C)C)C(=O)OC. The quantitative estimate of drug-likeness (QED) is 0.0249. The van der Waals surface area contributed by atoms with Gasteiger partial charge in [-0.15, -0.1) is 0 Å². The van der Waals surface area contributed by atoms with Crippen LogP contribution in [0.2, 0.25) is 0 Å². The van der Waals surface area contributed by atoms with Crippen LogP contribution >= 0.6 is 0 Å². The zero-order valence-corrected chi connectivity index (χ0v) is 57.8. The van der Waals surface area contributed by atoms with E-state index in [0.717, 1.165) is 45.2 Å². The van der Waals surface area contributed by atoms with Crippen LogP contribution < -0.4 is 40.2 Å². The maximum Gasteiger partial charge on any atom is 0.408 e. The number of esters is 1. The Morgan fingerprint density at radius 2 is 0.947 bits per heavy atom. The Morgan fingerprint density at radius 3 is 1.29 bits per heavy atom. The summed E-state index contributed by atoms with van der Waals surface area (Å²) in [6.45, 7) is 23.2. The molecule has 5 N–H and O–H groups in total. The first kappa shape index (κ1) is 73.6. The molecular formula is C73H98N8O14. The molecule has 8 atom stereocenters. The molecule has 0 radical (unpaired) electrons. The third-order valence-corrected chi connectivity index (χ3v) is 16.4. The Kier molecular flexibility index (Phi) is 26.0. The average Bonchev–Trinajstić information content (AvgIpc) is 1.72. The second-order valence-corrected chi connectivity index (χ2v) is 26.8. The number of nitrogens with zero attached hydrogens (tertiary/aromatic N) is 4. The third-order valence-electron chi connectivity index (χ3n) is 16.4. The van der Waals surface area contributed by atoms with E-state index in [0.29, 0.717) is 67.2 Å². The predicted molar refractivity (Wildman–Crippen MR) is 366 cm³/mol. The number of benzene rings is 4. The van der Waals surface area contributed by atoms with Crippen molar-refractivity contribution in [3.05, 3.63) is 109 Å². The lowest BCUT2D eigenvalue weighted by Gasteiger charge is -2.32. The van der Waals surface area contributed by atoms with E-state index >= 15 is 0 Å². The predicted octanol–water partition coefficient (Wildman–Crippen LogP) is 11.4. The summed E-state index contributed by atoms with van der Waals surface area (Å²) in [7, 11) is 4.59. The first-order valence-corrected chi connectivity index (χ1v) is 32.9. The summed E-state index contributed by atoms with van der Waals surface area (Å²) in [5.41, 5.74) is 3.33. The Balaban J connectivity index is 0.000000269. The van der Waals surface area contributed by atoms with E-state index in [1.165, 1.54) is 7.11 Å². The van der Waals surface area contributed by atoms with E-state index in [1.807, 2.05) is 151 Å². The first-order valence-electron chi connectivity index (χ1n) is 32.9. The number of likely N-dealkylation sites (tertiary alicyclic amines) is 2. The highest BCUT2D eigenvalue weighted by Gasteiger charge is 2.43. The Bertz CT molecular complexity index is 3560. The number of carboxylic acids is 1. The van der Waals surface area contributed by atoms with Gasteiger partial charge in [-0.3, -0.25) is 19.2 Å². The molecule has 0 bridgehead atoms. The molecule has 2 aromatic heterocycles. The van der Waals surface area contributed by atoms with Crippen LogP contribution in [0, 0.1) is 11.8 Å². The number of fused-ring (bicyclic) bond motifs is 2. The topological polar surface area (TPSA) is 268 Å². The minimum atomic E-state index is -0.936. The van der Waals surface area contributed by atoms with Crippen LogP contribution in [0.5, 0.6) is 23.0 Å². The molecule has 2 saturated heterocycles. The normalized spacial score (nSPS) is 17.7. The summed E-state index contributed by atoms with van der Waals surface area (Å²) in [5, 5.41) is 23.4. The monoisotopic (exact) mass is 1310 g/mol. The van der Waals surface area contributed by atoms with Gasteiger partial charge in [0.2, 0.25) is 11.8 Å². The van der Waals surface area contributed by atoms with Gasteiger partial charge < -0.3 is 69.3 Å². The number of alkyl carbamates (subject to hydrolysis) is 2. The van der Waals surface area contributed by atoms with Gasteiger partial charge in [0.15, 0.2) is 0 Å². The summed E-state index contributed by atoms with van der Waals surface area (Å²) < 4.78 is 40.3. The molecule has 2 aliphatic rings. The van der Waals surface area contributed by atoms with Gasteiger partial charge in [0.05, 0.1) is 56.8 Å². The number of pyridine rings is 2. The largest absolute Gasteiger partial charge is 0.497 e. The molecular weight excluding hydrogens is 1210 g/mol. The molecule has 2 fully saturated rings. The van der Waals surface area contributed by atoms with Crippen molar-refractivity contribution in [1.82, 2.24) is 41.0 Å². The molecule has 4 heterocycles. The lowest BCUT2D eigenvalue weighted by Crippen LogP contribution is -2.55. The number of carboxylic acid groups (broad SMARTS) is 1. The maximum absolute atomic E-state index is 14.2. The van der Waals surface area contributed by atoms with Gasteiger partial charge in [0.25, 0.3) is 0 Å². The van der Waals surface area contributed by atoms with Crippen LogP contribution in [0.1, 0.15) is 122 Å². The molecule has 0 unspecified atom stereocenters. The second kappa shape index (κ2) is 33.6. The lowest BCUT2D eigenvalue weighted by molar-refractivity contribution is -0.143. The van der Waals surface area contributed by atoms with Crippen molar-refractivity contribution in [2.75, 3.05) is 47.5 Å². The number of hydrogen-bond acceptors (Lipinski definition) is 17. The van der Waals surface area contributed by atoms with Crippen molar-refractivity contribution in [3.63, 3.8) is 0 Å². The Hall–Kier alpha value is -8.76. The number of hydrogen-bond donors (Lipinski definition) is 5. The van der Waals surface area contributed by atoms with Gasteiger partial charge in [0.1, 0.15) is 70.6 Å². The fourth-order valence-corrected chi connectivity index (χ4v) is 11.7. The van der Waals surface area contributed by atoms with Crippen LogP contribution in [-0.4, -0.2) is 168 Å². The van der Waals surface area contributed by atoms with Crippen molar-refractivity contribution in [2.24, 2.45) is 11.8 Å². The molecule has 4 amide bonds. The standard InChI is InChI=1S/C37H50N4O7.C36H48N4O7/c1-9-13-29(35(43)46-8)38-21-25-18-27(22-41(25)34(42)33(23(2)3)40-36(44)48-37(4,5)6)47-32-20-30(24-14-11-10-12-15-24)39-31-19-26(45-7)16-17-28(31)32;1-8-12-28(34(42)43)37-20-24-17-26(21-40(24)33(41)32(22(2)3)39-35(44)47-36(4,5)6)46-31-19-29(23-13-10-9-11-14-23)38-30-18-25(45-7)15-16-27(30)31/h10-12,14-17,19-20,23,25,27,29,33,38H,9,13,18,21-22H2,1-8H3,(H,40,44);9-11,13-16,18-19,22,24,26,28,32,37H,8,12,17,20-21H2,1-7H3,(H,39,44)(H,42,43)/t25-,27+,29-,33-;24-,26+,28-,32-/m00/s1. The van der Waals surface area contributed by atoms with Crippen LogP contribution in [0.3, 0.4) is 0 Å². The number of nitrogens with one attached hydrogen (secondary N) is 4. The third kappa shape index (κ3) is 20.6. The van der Waals surface area contributed by atoms with E-state index in [9.17, 15) is 33.9 Å². The van der Waals surface area contributed by atoms with Crippen LogP contribution in [-0.2, 0) is 33.4 Å².